The van der Waals surface area contributed by atoms with Crippen LogP contribution < -0.4 is 15.5 Å². The Morgan fingerprint density at radius 2 is 1.83 bits per heavy atom. The highest BCUT2D eigenvalue weighted by molar-refractivity contribution is 5.63. The van der Waals surface area contributed by atoms with Crippen LogP contribution in [0.4, 0.5) is 27.4 Å². The molecule has 1 aliphatic heterocycles. The molecule has 1 fully saturated rings. The molecule has 128 valence electrons. The lowest BCUT2D eigenvalue weighted by molar-refractivity contribution is 0.270. The predicted octanol–water partition coefficient (Wildman–Crippen LogP) is 2.54. The van der Waals surface area contributed by atoms with Gasteiger partial charge in [0.1, 0.15) is 23.8 Å². The molecule has 1 aliphatic rings. The van der Waals surface area contributed by atoms with Gasteiger partial charge in [-0.15, -0.1) is 0 Å². The minimum Gasteiger partial charge on any atom is -0.373 e. The number of nitrogens with zero attached hydrogens (tertiary/aromatic N) is 4. The van der Waals surface area contributed by atoms with Gasteiger partial charge in [-0.3, -0.25) is 0 Å². The number of anilines is 4. The van der Waals surface area contributed by atoms with Gasteiger partial charge in [-0.1, -0.05) is 6.92 Å². The summed E-state index contributed by atoms with van der Waals surface area (Å²) < 4.78 is 14.5. The van der Waals surface area contributed by atoms with E-state index in [-0.39, 0.29) is 5.82 Å². The molecule has 0 spiro atoms. The topological polar surface area (TPSA) is 56.3 Å². The molecule has 3 rings (SSSR count). The third kappa shape index (κ3) is 3.73. The molecule has 2 heterocycles. The van der Waals surface area contributed by atoms with Crippen LogP contribution in [0.1, 0.15) is 6.92 Å². The van der Waals surface area contributed by atoms with Crippen molar-refractivity contribution in [3.05, 3.63) is 36.4 Å². The van der Waals surface area contributed by atoms with E-state index >= 15 is 0 Å². The predicted molar refractivity (Wildman–Crippen MR) is 95.6 cm³/mol. The van der Waals surface area contributed by atoms with Gasteiger partial charge >= 0.3 is 0 Å². The molecular weight excluding hydrogens is 307 g/mol. The fraction of sp³-hybridized carbons (Fsp3) is 0.412. The van der Waals surface area contributed by atoms with Crippen LogP contribution in [0.3, 0.4) is 0 Å². The van der Waals surface area contributed by atoms with Gasteiger partial charge in [-0.25, -0.2) is 14.4 Å². The number of piperazine rings is 1. The zero-order chi connectivity index (χ0) is 16.9. The number of likely N-dealkylation sites (N-methyl/N-ethyl adjacent to an activating group) is 1. The molecular formula is C17H23FN6. The Kier molecular flexibility index (Phi) is 5.10. The number of aromatic nitrogens is 2. The molecule has 6 nitrogen and oxygen atoms in total. The summed E-state index contributed by atoms with van der Waals surface area (Å²) in [5.74, 6) is 1.12. The first-order chi connectivity index (χ1) is 11.7. The van der Waals surface area contributed by atoms with Gasteiger partial charge in [-0.05, 0) is 24.7 Å². The minimum absolute atomic E-state index is 0.215. The van der Waals surface area contributed by atoms with Crippen molar-refractivity contribution in [2.45, 2.75) is 6.92 Å². The third-order valence-electron chi connectivity index (χ3n) is 4.30. The highest BCUT2D eigenvalue weighted by Gasteiger charge is 2.18. The normalized spacial score (nSPS) is 15.4. The van der Waals surface area contributed by atoms with Crippen LogP contribution in [0.25, 0.3) is 0 Å². The molecule has 2 N–H and O–H groups in total. The standard InChI is InChI=1S/C17H23FN6/c1-3-23-6-8-24(9-7-23)15-5-4-13(10-14(15)18)22-17-11-16(19-2)20-12-21-17/h4-5,10-12H,3,6-9H2,1-2H3,(H2,19,20,21,22). The molecule has 7 heteroatoms. The molecule has 0 radical (unpaired) electrons. The van der Waals surface area contributed by atoms with Crippen LogP contribution in [0, 0.1) is 5.82 Å². The lowest BCUT2D eigenvalue weighted by atomic mass is 10.2. The van der Waals surface area contributed by atoms with Gasteiger partial charge in [0.05, 0.1) is 5.69 Å². The van der Waals surface area contributed by atoms with E-state index in [9.17, 15) is 4.39 Å². The summed E-state index contributed by atoms with van der Waals surface area (Å²) in [5, 5.41) is 6.06. The molecule has 0 bridgehead atoms. The number of hydrogen-bond donors (Lipinski definition) is 2. The number of halogens is 1. The van der Waals surface area contributed by atoms with Crippen LogP contribution in [0.5, 0.6) is 0 Å². The van der Waals surface area contributed by atoms with Crippen LogP contribution in [-0.4, -0.2) is 54.6 Å². The monoisotopic (exact) mass is 330 g/mol. The van der Waals surface area contributed by atoms with Crippen molar-refractivity contribution in [3.63, 3.8) is 0 Å². The summed E-state index contributed by atoms with van der Waals surface area (Å²) in [7, 11) is 1.79. The maximum atomic E-state index is 14.5. The summed E-state index contributed by atoms with van der Waals surface area (Å²) in [6.07, 6.45) is 1.46. The number of hydrogen-bond acceptors (Lipinski definition) is 6. The Bertz CT molecular complexity index is 685. The first-order valence-electron chi connectivity index (χ1n) is 8.23. The lowest BCUT2D eigenvalue weighted by Gasteiger charge is -2.35. The molecule has 1 aromatic carbocycles. The lowest BCUT2D eigenvalue weighted by Crippen LogP contribution is -2.46. The van der Waals surface area contributed by atoms with E-state index in [2.05, 4.69) is 37.3 Å². The largest absolute Gasteiger partial charge is 0.373 e. The molecule has 2 aromatic rings. The van der Waals surface area contributed by atoms with Crippen molar-refractivity contribution in [2.75, 3.05) is 55.3 Å². The van der Waals surface area contributed by atoms with E-state index in [1.807, 2.05) is 12.1 Å². The minimum atomic E-state index is -0.215. The first-order valence-corrected chi connectivity index (χ1v) is 8.23. The Hall–Kier alpha value is -2.41. The van der Waals surface area contributed by atoms with Crippen molar-refractivity contribution in [1.82, 2.24) is 14.9 Å². The van der Waals surface area contributed by atoms with Crippen LogP contribution >= 0.6 is 0 Å². The van der Waals surface area contributed by atoms with Gasteiger partial charge in [0.2, 0.25) is 0 Å². The van der Waals surface area contributed by atoms with Crippen molar-refractivity contribution in [3.8, 4) is 0 Å². The van der Waals surface area contributed by atoms with Gasteiger partial charge in [-0.2, -0.15) is 0 Å². The van der Waals surface area contributed by atoms with Crippen LogP contribution in [0.2, 0.25) is 0 Å². The van der Waals surface area contributed by atoms with E-state index in [4.69, 9.17) is 0 Å². The second-order valence-corrected chi connectivity index (χ2v) is 5.75. The smallest absolute Gasteiger partial charge is 0.148 e. The summed E-state index contributed by atoms with van der Waals surface area (Å²) in [6.45, 7) is 6.87. The van der Waals surface area contributed by atoms with Gasteiger partial charge in [0.15, 0.2) is 0 Å². The Labute approximate surface area is 141 Å². The second kappa shape index (κ2) is 7.44. The average Bonchev–Trinajstić information content (AvgIpc) is 2.62. The molecule has 24 heavy (non-hydrogen) atoms. The summed E-state index contributed by atoms with van der Waals surface area (Å²) in [5.41, 5.74) is 1.33. The molecule has 0 amide bonds. The van der Waals surface area contributed by atoms with Gasteiger partial charge in [0, 0.05) is 45.0 Å². The van der Waals surface area contributed by atoms with E-state index in [0.717, 1.165) is 32.7 Å². The first kappa shape index (κ1) is 16.4. The summed E-state index contributed by atoms with van der Waals surface area (Å²) in [6, 6.07) is 7.00. The quantitative estimate of drug-likeness (QED) is 0.879. The number of benzene rings is 1. The van der Waals surface area contributed by atoms with E-state index in [0.29, 0.717) is 23.0 Å². The van der Waals surface area contributed by atoms with Gasteiger partial charge < -0.3 is 20.4 Å². The van der Waals surface area contributed by atoms with E-state index in [1.165, 1.54) is 12.4 Å². The third-order valence-corrected chi connectivity index (χ3v) is 4.30. The van der Waals surface area contributed by atoms with E-state index in [1.54, 1.807) is 13.1 Å². The fourth-order valence-corrected chi connectivity index (χ4v) is 2.86. The molecule has 0 aliphatic carbocycles. The second-order valence-electron chi connectivity index (χ2n) is 5.75. The maximum absolute atomic E-state index is 14.5. The van der Waals surface area contributed by atoms with Crippen LogP contribution in [0.15, 0.2) is 30.6 Å². The van der Waals surface area contributed by atoms with Gasteiger partial charge in [0.25, 0.3) is 0 Å². The molecule has 0 atom stereocenters. The summed E-state index contributed by atoms with van der Waals surface area (Å²) in [4.78, 5) is 12.7. The molecule has 1 aromatic heterocycles. The fourth-order valence-electron chi connectivity index (χ4n) is 2.86. The number of nitrogens with one attached hydrogen (secondary N) is 2. The highest BCUT2D eigenvalue weighted by atomic mass is 19.1. The van der Waals surface area contributed by atoms with Crippen molar-refractivity contribution < 1.29 is 4.39 Å². The molecule has 0 unspecified atom stereocenters. The van der Waals surface area contributed by atoms with Crippen molar-refractivity contribution in [1.29, 1.82) is 0 Å². The van der Waals surface area contributed by atoms with Crippen molar-refractivity contribution in [2.24, 2.45) is 0 Å². The zero-order valence-corrected chi connectivity index (χ0v) is 14.1. The Morgan fingerprint density at radius 1 is 1.08 bits per heavy atom. The molecule has 1 saturated heterocycles. The highest BCUT2D eigenvalue weighted by Crippen LogP contribution is 2.25. The zero-order valence-electron chi connectivity index (χ0n) is 14.1. The number of rotatable bonds is 5. The van der Waals surface area contributed by atoms with Crippen LogP contribution in [-0.2, 0) is 0 Å². The Morgan fingerprint density at radius 3 is 2.50 bits per heavy atom. The maximum Gasteiger partial charge on any atom is 0.148 e. The van der Waals surface area contributed by atoms with Crippen molar-refractivity contribution >= 4 is 23.0 Å². The van der Waals surface area contributed by atoms with E-state index < -0.39 is 0 Å². The Balaban J connectivity index is 1.70. The average molecular weight is 330 g/mol. The molecule has 0 saturated carbocycles. The SMILES string of the molecule is CCN1CCN(c2ccc(Nc3cc(NC)ncn3)cc2F)CC1. The summed E-state index contributed by atoms with van der Waals surface area (Å²) >= 11 is 0.